The van der Waals surface area contributed by atoms with Gasteiger partial charge in [0.05, 0.1) is 22.7 Å². The van der Waals surface area contributed by atoms with Gasteiger partial charge >= 0.3 is 12.1 Å². The van der Waals surface area contributed by atoms with Crippen molar-refractivity contribution in [2.75, 3.05) is 4.31 Å². The van der Waals surface area contributed by atoms with E-state index in [0.717, 1.165) is 28.7 Å². The first-order chi connectivity index (χ1) is 15.6. The highest BCUT2D eigenvalue weighted by atomic mass is 35.5. The number of hydrogen-bond acceptors (Lipinski definition) is 4. The van der Waals surface area contributed by atoms with Gasteiger partial charge in [0, 0.05) is 29.9 Å². The molecule has 0 fully saturated rings. The van der Waals surface area contributed by atoms with Crippen molar-refractivity contribution in [1.29, 1.82) is 0 Å². The van der Waals surface area contributed by atoms with Crippen molar-refractivity contribution in [3.05, 3.63) is 88.7 Å². The lowest BCUT2D eigenvalue weighted by atomic mass is 10.1. The summed E-state index contributed by atoms with van der Waals surface area (Å²) in [5, 5.41) is 10.00. The van der Waals surface area contributed by atoms with Gasteiger partial charge in [-0.1, -0.05) is 17.7 Å². The summed E-state index contributed by atoms with van der Waals surface area (Å²) in [6, 6.07) is 14.9. The maximum atomic E-state index is 13.1. The first kappa shape index (κ1) is 23.0. The number of fused-ring (bicyclic) bond motifs is 1. The maximum Gasteiger partial charge on any atom is 0.417 e. The fraction of sp³-hybridized carbons (Fsp3) is 0.130. The third-order valence-corrected chi connectivity index (χ3v) is 6.26. The van der Waals surface area contributed by atoms with Crippen molar-refractivity contribution in [2.24, 2.45) is 7.05 Å². The van der Waals surface area contributed by atoms with Crippen molar-refractivity contribution in [1.82, 2.24) is 9.55 Å². The Morgan fingerprint density at radius 3 is 2.52 bits per heavy atom. The highest BCUT2D eigenvalue weighted by Gasteiger charge is 2.32. The summed E-state index contributed by atoms with van der Waals surface area (Å²) >= 11 is 7.43. The predicted octanol–water partition coefficient (Wildman–Crippen LogP) is 6.66. The molecule has 0 saturated heterocycles. The van der Waals surface area contributed by atoms with E-state index in [4.69, 9.17) is 16.7 Å². The molecule has 0 atom stereocenters. The van der Waals surface area contributed by atoms with Gasteiger partial charge in [-0.2, -0.15) is 13.2 Å². The van der Waals surface area contributed by atoms with Crippen molar-refractivity contribution >= 4 is 46.2 Å². The minimum atomic E-state index is -4.56. The molecular weight excluding hydrogens is 475 g/mol. The Labute approximate surface area is 196 Å². The molecule has 10 heteroatoms. The maximum absolute atomic E-state index is 13.1. The van der Waals surface area contributed by atoms with Crippen LogP contribution < -0.4 is 4.31 Å². The summed E-state index contributed by atoms with van der Waals surface area (Å²) in [4.78, 5) is 15.8. The molecule has 1 N–H and O–H groups in total. The Balaban J connectivity index is 1.70. The molecular formula is C23H17ClF3N3O2S. The van der Waals surface area contributed by atoms with Crippen LogP contribution in [0.2, 0.25) is 5.02 Å². The van der Waals surface area contributed by atoms with Crippen LogP contribution in [0.25, 0.3) is 10.9 Å². The van der Waals surface area contributed by atoms with Crippen LogP contribution >= 0.6 is 23.5 Å². The summed E-state index contributed by atoms with van der Waals surface area (Å²) in [6.07, 6.45) is -1.86. The lowest BCUT2D eigenvalue weighted by Gasteiger charge is -2.24. The van der Waals surface area contributed by atoms with Crippen LogP contribution in [0.5, 0.6) is 0 Å². The van der Waals surface area contributed by atoms with Gasteiger partial charge in [0.15, 0.2) is 5.82 Å². The standard InChI is InChI=1S/C23H17ClF3N3O2S/c1-29-9-8-16-10-14(2-7-20(16)29)13-30(33-18-5-3-15(4-6-18)22(31)32)21-19(24)11-17(12-28-21)23(25,26)27/h2-12H,13H2,1H3,(H,31,32). The number of aromatic nitrogens is 2. The molecule has 0 amide bonds. The van der Waals surface area contributed by atoms with Gasteiger partial charge in [-0.05, 0) is 71.4 Å². The molecule has 2 aromatic heterocycles. The van der Waals surface area contributed by atoms with Crippen molar-refractivity contribution in [3.8, 4) is 0 Å². The van der Waals surface area contributed by atoms with E-state index in [-0.39, 0.29) is 16.4 Å². The Bertz CT molecular complexity index is 1320. The molecule has 0 aliphatic carbocycles. The zero-order chi connectivity index (χ0) is 23.8. The first-order valence-corrected chi connectivity index (χ1v) is 10.8. The minimum absolute atomic E-state index is 0.131. The van der Waals surface area contributed by atoms with Crippen LogP contribution in [0.1, 0.15) is 21.5 Å². The molecule has 0 saturated carbocycles. The van der Waals surface area contributed by atoms with Crippen LogP contribution in [0.3, 0.4) is 0 Å². The van der Waals surface area contributed by atoms with Gasteiger partial charge in [-0.15, -0.1) is 0 Å². The Morgan fingerprint density at radius 1 is 1.15 bits per heavy atom. The van der Waals surface area contributed by atoms with Crippen LogP contribution in [-0.2, 0) is 19.8 Å². The predicted molar refractivity (Wildman–Crippen MR) is 123 cm³/mol. The Hall–Kier alpha value is -3.17. The summed E-state index contributed by atoms with van der Waals surface area (Å²) < 4.78 is 42.9. The van der Waals surface area contributed by atoms with Crippen LogP contribution in [0.15, 0.2) is 71.9 Å². The number of aromatic carboxylic acids is 1. The van der Waals surface area contributed by atoms with Gasteiger partial charge in [0.25, 0.3) is 0 Å². The molecule has 0 spiro atoms. The van der Waals surface area contributed by atoms with E-state index in [1.165, 1.54) is 24.1 Å². The normalized spacial score (nSPS) is 11.7. The first-order valence-electron chi connectivity index (χ1n) is 9.67. The number of halogens is 4. The lowest BCUT2D eigenvalue weighted by molar-refractivity contribution is -0.137. The molecule has 5 nitrogen and oxygen atoms in total. The van der Waals surface area contributed by atoms with Crippen molar-refractivity contribution in [2.45, 2.75) is 17.6 Å². The fourth-order valence-corrected chi connectivity index (χ4v) is 4.58. The average Bonchev–Trinajstić information content (AvgIpc) is 3.13. The number of alkyl halides is 3. The molecule has 4 aromatic rings. The van der Waals surface area contributed by atoms with Crippen LogP contribution in [-0.4, -0.2) is 20.6 Å². The molecule has 0 aliphatic heterocycles. The molecule has 4 rings (SSSR count). The molecule has 2 heterocycles. The number of carbonyl (C=O) groups is 1. The number of nitrogens with zero attached hydrogens (tertiary/aromatic N) is 3. The van der Waals surface area contributed by atoms with Crippen molar-refractivity contribution < 1.29 is 23.1 Å². The second-order valence-electron chi connectivity index (χ2n) is 7.30. The van der Waals surface area contributed by atoms with Gasteiger partial charge in [0.2, 0.25) is 0 Å². The monoisotopic (exact) mass is 491 g/mol. The smallest absolute Gasteiger partial charge is 0.417 e. The fourth-order valence-electron chi connectivity index (χ4n) is 3.30. The Kier molecular flexibility index (Phi) is 6.27. The highest BCUT2D eigenvalue weighted by Crippen LogP contribution is 2.38. The van der Waals surface area contributed by atoms with E-state index in [1.807, 2.05) is 42.1 Å². The zero-order valence-corrected chi connectivity index (χ0v) is 18.7. The van der Waals surface area contributed by atoms with Crippen LogP contribution in [0, 0.1) is 0 Å². The second kappa shape index (κ2) is 8.99. The van der Waals surface area contributed by atoms with Crippen molar-refractivity contribution in [3.63, 3.8) is 0 Å². The van der Waals surface area contributed by atoms with E-state index in [1.54, 1.807) is 16.4 Å². The molecule has 33 heavy (non-hydrogen) atoms. The number of carboxylic acids is 1. The van der Waals surface area contributed by atoms with E-state index < -0.39 is 17.7 Å². The number of anilines is 1. The Morgan fingerprint density at radius 2 is 1.88 bits per heavy atom. The number of aryl methyl sites for hydroxylation is 1. The molecule has 2 aromatic carbocycles. The zero-order valence-electron chi connectivity index (χ0n) is 17.2. The number of hydrogen-bond donors (Lipinski definition) is 1. The molecule has 170 valence electrons. The van der Waals surface area contributed by atoms with Crippen LogP contribution in [0.4, 0.5) is 19.0 Å². The minimum Gasteiger partial charge on any atom is -0.478 e. The molecule has 0 bridgehead atoms. The second-order valence-corrected chi connectivity index (χ2v) is 8.81. The quantitative estimate of drug-likeness (QED) is 0.306. The molecule has 0 unspecified atom stereocenters. The SMILES string of the molecule is Cn1ccc2cc(CN(Sc3ccc(C(=O)O)cc3)c3ncc(C(F)(F)F)cc3Cl)ccc21. The van der Waals surface area contributed by atoms with Gasteiger partial charge in [-0.25, -0.2) is 9.78 Å². The highest BCUT2D eigenvalue weighted by molar-refractivity contribution is 8.00. The van der Waals surface area contributed by atoms with Gasteiger partial charge < -0.3 is 9.67 Å². The lowest BCUT2D eigenvalue weighted by Crippen LogP contribution is -2.17. The van der Waals surface area contributed by atoms with E-state index in [9.17, 15) is 18.0 Å². The van der Waals surface area contributed by atoms with Gasteiger partial charge in [0.1, 0.15) is 0 Å². The van der Waals surface area contributed by atoms with E-state index in [0.29, 0.717) is 11.4 Å². The van der Waals surface area contributed by atoms with Gasteiger partial charge in [-0.3, -0.25) is 4.31 Å². The number of pyridine rings is 1. The third kappa shape index (κ3) is 5.09. The summed E-state index contributed by atoms with van der Waals surface area (Å²) in [6.45, 7) is 0.300. The van der Waals surface area contributed by atoms with E-state index >= 15 is 0 Å². The summed E-state index contributed by atoms with van der Waals surface area (Å²) in [5.74, 6) is -0.878. The average molecular weight is 492 g/mol. The number of rotatable bonds is 6. The molecule has 0 aliphatic rings. The largest absolute Gasteiger partial charge is 0.478 e. The number of carboxylic acid groups (broad SMARTS) is 1. The summed E-state index contributed by atoms with van der Waals surface area (Å²) in [5.41, 5.74) is 1.15. The number of benzene rings is 2. The molecule has 0 radical (unpaired) electrons. The topological polar surface area (TPSA) is 58.4 Å². The summed E-state index contributed by atoms with van der Waals surface area (Å²) in [7, 11) is 1.94. The van der Waals surface area contributed by atoms with E-state index in [2.05, 4.69) is 4.98 Å². The third-order valence-electron chi connectivity index (χ3n) is 4.98.